The molecule has 0 unspecified atom stereocenters. The van der Waals surface area contributed by atoms with Gasteiger partial charge in [-0.25, -0.2) is 4.79 Å². The summed E-state index contributed by atoms with van der Waals surface area (Å²) in [6.07, 6.45) is 2.53. The zero-order valence-corrected chi connectivity index (χ0v) is 20.0. The van der Waals surface area contributed by atoms with Crippen molar-refractivity contribution in [3.8, 4) is 11.1 Å². The predicted octanol–water partition coefficient (Wildman–Crippen LogP) is 4.26. The highest BCUT2D eigenvalue weighted by Crippen LogP contribution is 2.44. The van der Waals surface area contributed by atoms with Crippen LogP contribution in [0.5, 0.6) is 0 Å². The molecule has 1 saturated carbocycles. The Labute approximate surface area is 205 Å². The molecule has 7 heteroatoms. The van der Waals surface area contributed by atoms with Gasteiger partial charge in [0.25, 0.3) is 0 Å². The highest BCUT2D eigenvalue weighted by molar-refractivity contribution is 5.81. The zero-order valence-electron chi connectivity index (χ0n) is 20.0. The summed E-state index contributed by atoms with van der Waals surface area (Å²) in [6.45, 7) is 2.90. The van der Waals surface area contributed by atoms with Crippen LogP contribution in [0.3, 0.4) is 0 Å². The minimum Gasteiger partial charge on any atom is -0.481 e. The number of ether oxygens (including phenoxy) is 1. The lowest BCUT2D eigenvalue weighted by Gasteiger charge is -2.31. The van der Waals surface area contributed by atoms with Crippen LogP contribution in [0.15, 0.2) is 48.5 Å². The van der Waals surface area contributed by atoms with Crippen LogP contribution in [0.4, 0.5) is 4.79 Å². The summed E-state index contributed by atoms with van der Waals surface area (Å²) in [7, 11) is 0. The second kappa shape index (κ2) is 9.72. The molecule has 2 amide bonds. The minimum atomic E-state index is -0.841. The van der Waals surface area contributed by atoms with Gasteiger partial charge in [-0.3, -0.25) is 9.59 Å². The molecule has 1 heterocycles. The number of hydrogen-bond acceptors (Lipinski definition) is 4. The van der Waals surface area contributed by atoms with E-state index in [1.54, 1.807) is 4.90 Å². The third-order valence-electron chi connectivity index (χ3n) is 7.93. The Morgan fingerprint density at radius 3 is 2.29 bits per heavy atom. The van der Waals surface area contributed by atoms with Gasteiger partial charge in [-0.2, -0.15) is 0 Å². The number of hydrogen-bond donors (Lipinski definition) is 2. The normalized spacial score (nSPS) is 25.6. The van der Waals surface area contributed by atoms with Crippen LogP contribution in [-0.2, 0) is 14.3 Å². The fourth-order valence-corrected chi connectivity index (χ4v) is 6.08. The van der Waals surface area contributed by atoms with Crippen LogP contribution >= 0.6 is 0 Å². The summed E-state index contributed by atoms with van der Waals surface area (Å²) in [5, 5.41) is 12.3. The molecule has 2 aromatic rings. The summed E-state index contributed by atoms with van der Waals surface area (Å²) in [4.78, 5) is 38.9. The van der Waals surface area contributed by atoms with Crippen molar-refractivity contribution in [2.45, 2.75) is 44.6 Å². The van der Waals surface area contributed by atoms with Crippen LogP contribution in [0.1, 0.15) is 49.7 Å². The topological polar surface area (TPSA) is 95.9 Å². The fourth-order valence-electron chi connectivity index (χ4n) is 6.08. The Kier molecular flexibility index (Phi) is 6.50. The van der Waals surface area contributed by atoms with Crippen LogP contribution in [0.25, 0.3) is 11.1 Å². The molecule has 3 aliphatic rings. The number of nitrogens with zero attached hydrogens (tertiary/aromatic N) is 1. The molecular weight excluding hydrogens is 444 g/mol. The van der Waals surface area contributed by atoms with E-state index < -0.39 is 18.0 Å². The number of aliphatic carboxylic acids is 1. The summed E-state index contributed by atoms with van der Waals surface area (Å²) >= 11 is 0. The molecule has 35 heavy (non-hydrogen) atoms. The molecule has 4 atom stereocenters. The van der Waals surface area contributed by atoms with Crippen molar-refractivity contribution in [1.29, 1.82) is 0 Å². The first-order valence-electron chi connectivity index (χ1n) is 12.6. The molecule has 1 saturated heterocycles. The Morgan fingerprint density at radius 2 is 1.66 bits per heavy atom. The first-order chi connectivity index (χ1) is 16.9. The van der Waals surface area contributed by atoms with E-state index in [1.807, 2.05) is 31.2 Å². The number of fused-ring (bicyclic) bond motifs is 3. The standard InChI is InChI=1S/C28H32N2O5/c1-17-14-30(15-24(17)27(32)33)26(31)18-7-6-8-19(13-18)29-28(34)35-16-25-22-11-4-2-9-20(22)21-10-3-5-12-23(21)25/h2-5,9-12,17-19,24-25H,6-8,13-16H2,1H3,(H,29,34)(H,32,33)/t17-,18+,19-,24-/m1/s1. The van der Waals surface area contributed by atoms with Gasteiger partial charge in [0.05, 0.1) is 5.92 Å². The summed E-state index contributed by atoms with van der Waals surface area (Å²) < 4.78 is 5.68. The van der Waals surface area contributed by atoms with E-state index in [0.29, 0.717) is 13.0 Å². The fraction of sp³-hybridized carbons (Fsp3) is 0.464. The number of rotatable bonds is 5. The Morgan fingerprint density at radius 1 is 1.00 bits per heavy atom. The van der Waals surface area contributed by atoms with E-state index in [1.165, 1.54) is 22.3 Å². The van der Waals surface area contributed by atoms with Crippen molar-refractivity contribution in [2.75, 3.05) is 19.7 Å². The predicted molar refractivity (Wildman–Crippen MR) is 131 cm³/mol. The average molecular weight is 477 g/mol. The van der Waals surface area contributed by atoms with Crippen molar-refractivity contribution in [1.82, 2.24) is 10.2 Å². The lowest BCUT2D eigenvalue weighted by molar-refractivity contribution is -0.142. The lowest BCUT2D eigenvalue weighted by Crippen LogP contribution is -2.43. The molecule has 0 aromatic heterocycles. The number of carboxylic acids is 1. The van der Waals surface area contributed by atoms with E-state index in [9.17, 15) is 19.5 Å². The van der Waals surface area contributed by atoms with Crippen molar-refractivity contribution in [3.05, 3.63) is 59.7 Å². The number of carboxylic acid groups (broad SMARTS) is 1. The van der Waals surface area contributed by atoms with Gasteiger partial charge in [0.1, 0.15) is 6.61 Å². The van der Waals surface area contributed by atoms with E-state index in [4.69, 9.17) is 4.74 Å². The van der Waals surface area contributed by atoms with Crippen LogP contribution in [0, 0.1) is 17.8 Å². The zero-order chi connectivity index (χ0) is 24.5. The van der Waals surface area contributed by atoms with Crippen LogP contribution in [0.2, 0.25) is 0 Å². The molecule has 184 valence electrons. The Balaban J connectivity index is 1.16. The van der Waals surface area contributed by atoms with E-state index in [-0.39, 0.29) is 42.9 Å². The van der Waals surface area contributed by atoms with Crippen molar-refractivity contribution in [3.63, 3.8) is 0 Å². The van der Waals surface area contributed by atoms with Crippen molar-refractivity contribution in [2.24, 2.45) is 17.8 Å². The number of carbonyl (C=O) groups is 3. The van der Waals surface area contributed by atoms with E-state index in [2.05, 4.69) is 29.6 Å². The molecule has 2 aromatic carbocycles. The van der Waals surface area contributed by atoms with Gasteiger partial charge in [-0.15, -0.1) is 0 Å². The summed E-state index contributed by atoms with van der Waals surface area (Å²) in [5.74, 6) is -1.56. The molecule has 0 bridgehead atoms. The highest BCUT2D eigenvalue weighted by Gasteiger charge is 2.40. The number of benzene rings is 2. The first kappa shape index (κ1) is 23.4. The molecule has 0 radical (unpaired) electrons. The number of alkyl carbamates (subject to hydrolysis) is 1. The monoisotopic (exact) mass is 476 g/mol. The van der Waals surface area contributed by atoms with E-state index >= 15 is 0 Å². The van der Waals surface area contributed by atoms with Gasteiger partial charge in [0, 0.05) is 31.0 Å². The molecule has 2 aliphatic carbocycles. The number of carbonyl (C=O) groups excluding carboxylic acids is 2. The number of likely N-dealkylation sites (tertiary alicyclic amines) is 1. The van der Waals surface area contributed by atoms with Gasteiger partial charge in [-0.05, 0) is 47.4 Å². The van der Waals surface area contributed by atoms with Gasteiger partial charge in [0.2, 0.25) is 5.91 Å². The van der Waals surface area contributed by atoms with Gasteiger partial charge < -0.3 is 20.1 Å². The first-order valence-corrected chi connectivity index (χ1v) is 12.6. The smallest absolute Gasteiger partial charge is 0.407 e. The second-order valence-electron chi connectivity index (χ2n) is 10.2. The SMILES string of the molecule is C[C@@H]1CN(C(=O)[C@H]2CCC[C@@H](NC(=O)OCC3c4ccccc4-c4ccccc43)C2)C[C@H]1C(=O)O. The lowest BCUT2D eigenvalue weighted by atomic mass is 9.85. The quantitative estimate of drug-likeness (QED) is 0.672. The average Bonchev–Trinajstić information content (AvgIpc) is 3.41. The highest BCUT2D eigenvalue weighted by atomic mass is 16.5. The minimum absolute atomic E-state index is 0.00756. The Hall–Kier alpha value is -3.35. The molecule has 2 N–H and O–H groups in total. The maximum Gasteiger partial charge on any atom is 0.407 e. The largest absolute Gasteiger partial charge is 0.481 e. The third kappa shape index (κ3) is 4.64. The second-order valence-corrected chi connectivity index (χ2v) is 10.2. The third-order valence-corrected chi connectivity index (χ3v) is 7.93. The molecule has 7 nitrogen and oxygen atoms in total. The van der Waals surface area contributed by atoms with Crippen LogP contribution in [-0.4, -0.2) is 53.7 Å². The summed E-state index contributed by atoms with van der Waals surface area (Å²) in [6, 6.07) is 16.3. The Bertz CT molecular complexity index is 1090. The van der Waals surface area contributed by atoms with Gasteiger partial charge >= 0.3 is 12.1 Å². The number of amides is 2. The molecule has 0 spiro atoms. The van der Waals surface area contributed by atoms with Crippen LogP contribution < -0.4 is 5.32 Å². The summed E-state index contributed by atoms with van der Waals surface area (Å²) in [5.41, 5.74) is 4.72. The van der Waals surface area contributed by atoms with E-state index in [0.717, 1.165) is 19.3 Å². The molecule has 2 fully saturated rings. The van der Waals surface area contributed by atoms with Gasteiger partial charge in [0.15, 0.2) is 0 Å². The maximum absolute atomic E-state index is 13.1. The maximum atomic E-state index is 13.1. The molecule has 5 rings (SSSR count). The van der Waals surface area contributed by atoms with Gasteiger partial charge in [-0.1, -0.05) is 61.9 Å². The van der Waals surface area contributed by atoms with Crippen molar-refractivity contribution < 1.29 is 24.2 Å². The van der Waals surface area contributed by atoms with Crippen molar-refractivity contribution >= 4 is 18.0 Å². The number of nitrogens with one attached hydrogen (secondary N) is 1. The molecular formula is C28H32N2O5. The molecule has 1 aliphatic heterocycles.